The lowest BCUT2D eigenvalue weighted by atomic mass is 9.99. The van der Waals surface area contributed by atoms with Crippen molar-refractivity contribution in [1.82, 2.24) is 0 Å². The topological polar surface area (TPSA) is 43.1 Å². The van der Waals surface area contributed by atoms with E-state index < -0.39 is 0 Å². The lowest BCUT2D eigenvalue weighted by Gasteiger charge is -2.37. The van der Waals surface area contributed by atoms with Crippen LogP contribution < -0.4 is 5.73 Å². The molecule has 0 heterocycles. The van der Waals surface area contributed by atoms with Crippen LogP contribution in [0.1, 0.15) is 18.0 Å². The predicted molar refractivity (Wildman–Crippen MR) is 75.0 cm³/mol. The number of rotatable bonds is 7. The highest BCUT2D eigenvalue weighted by molar-refractivity contribution is 5.93. The van der Waals surface area contributed by atoms with Crippen molar-refractivity contribution in [3.63, 3.8) is 0 Å². The molecule has 0 saturated heterocycles. The quantitative estimate of drug-likeness (QED) is 0.591. The third kappa shape index (κ3) is 3.52. The molecule has 3 heteroatoms. The Hall–Kier alpha value is -1.45. The molecule has 3 nitrogen and oxygen atoms in total. The maximum Gasteiger partial charge on any atom is 0.217 e. The van der Waals surface area contributed by atoms with E-state index in [0.29, 0.717) is 11.0 Å². The van der Waals surface area contributed by atoms with Crippen molar-refractivity contribution in [2.45, 2.75) is 12.5 Å². The summed E-state index contributed by atoms with van der Waals surface area (Å²) in [5, 5.41) is 0. The van der Waals surface area contributed by atoms with E-state index in [-0.39, 0.29) is 11.8 Å². The van der Waals surface area contributed by atoms with Gasteiger partial charge in [-0.25, -0.2) is 0 Å². The first-order valence-corrected chi connectivity index (χ1v) is 6.27. The van der Waals surface area contributed by atoms with Crippen molar-refractivity contribution < 1.29 is 9.28 Å². The molecule has 0 bridgehead atoms. The number of nitrogens with two attached hydrogens (primary N) is 1. The van der Waals surface area contributed by atoms with Gasteiger partial charge in [-0.3, -0.25) is 4.79 Å². The van der Waals surface area contributed by atoms with Gasteiger partial charge >= 0.3 is 0 Å². The summed E-state index contributed by atoms with van der Waals surface area (Å²) in [5.41, 5.74) is 6.60. The highest BCUT2D eigenvalue weighted by Crippen LogP contribution is 2.26. The van der Waals surface area contributed by atoms with Crippen LogP contribution in [0.3, 0.4) is 0 Å². The Balaban J connectivity index is 3.06. The van der Waals surface area contributed by atoms with Crippen molar-refractivity contribution in [1.29, 1.82) is 0 Å². The van der Waals surface area contributed by atoms with Gasteiger partial charge in [0.25, 0.3) is 0 Å². The molecule has 0 aliphatic heterocycles. The molecule has 0 fully saturated rings. The molecule has 0 saturated carbocycles. The van der Waals surface area contributed by atoms with Crippen molar-refractivity contribution in [2.75, 3.05) is 27.2 Å². The van der Waals surface area contributed by atoms with Gasteiger partial charge in [-0.2, -0.15) is 0 Å². The second kappa shape index (κ2) is 6.47. The van der Waals surface area contributed by atoms with E-state index in [1.807, 2.05) is 30.3 Å². The minimum absolute atomic E-state index is 0.0585. The minimum Gasteiger partial charge on any atom is -0.330 e. The van der Waals surface area contributed by atoms with Crippen molar-refractivity contribution in [3.8, 4) is 0 Å². The number of nitrogens with zero attached hydrogens (tertiary/aromatic N) is 1. The fourth-order valence-electron chi connectivity index (χ4n) is 2.29. The Labute approximate surface area is 109 Å². The molecule has 0 radical (unpaired) electrons. The summed E-state index contributed by atoms with van der Waals surface area (Å²) in [6.07, 6.45) is 2.32. The molecule has 0 aliphatic rings. The summed E-state index contributed by atoms with van der Waals surface area (Å²) in [5.74, 6) is 0.0585. The van der Waals surface area contributed by atoms with Crippen LogP contribution in [0.15, 0.2) is 43.0 Å². The zero-order valence-corrected chi connectivity index (χ0v) is 11.3. The number of carbonyl (C=O) groups is 1. The van der Waals surface area contributed by atoms with Gasteiger partial charge in [-0.15, -0.1) is 0 Å². The van der Waals surface area contributed by atoms with E-state index in [2.05, 4.69) is 20.7 Å². The number of carbonyl (C=O) groups excluding carboxylic acids is 1. The molecule has 1 atom stereocenters. The maximum absolute atomic E-state index is 12.2. The molecule has 18 heavy (non-hydrogen) atoms. The van der Waals surface area contributed by atoms with Gasteiger partial charge in [0.05, 0.1) is 20.6 Å². The Morgan fingerprint density at radius 1 is 1.39 bits per heavy atom. The number of likely N-dealkylation sites (N-methyl/N-ethyl adjacent to an activating group) is 1. The molecule has 0 aliphatic carbocycles. The third-order valence-electron chi connectivity index (χ3n) is 3.22. The van der Waals surface area contributed by atoms with Gasteiger partial charge in [-0.1, -0.05) is 36.9 Å². The molecule has 98 valence electrons. The molecule has 0 spiro atoms. The highest BCUT2D eigenvalue weighted by atomic mass is 16.1. The van der Waals surface area contributed by atoms with Crippen LogP contribution in [0.2, 0.25) is 0 Å². The number of quaternary nitrogens is 1. The molecule has 0 amide bonds. The van der Waals surface area contributed by atoms with Crippen LogP contribution in [-0.2, 0) is 4.79 Å². The molecular formula is C15H23N2O+. The van der Waals surface area contributed by atoms with Crippen molar-refractivity contribution in [2.24, 2.45) is 5.73 Å². The smallest absolute Gasteiger partial charge is 0.217 e. The van der Waals surface area contributed by atoms with Crippen LogP contribution in [-0.4, -0.2) is 37.5 Å². The zero-order chi connectivity index (χ0) is 13.6. The normalized spacial score (nSPS) is 13.1. The first kappa shape index (κ1) is 14.6. The van der Waals surface area contributed by atoms with Crippen LogP contribution in [0.5, 0.6) is 0 Å². The largest absolute Gasteiger partial charge is 0.330 e. The molecule has 2 N–H and O–H groups in total. The molecule has 0 aromatic heterocycles. The maximum atomic E-state index is 12.2. The van der Waals surface area contributed by atoms with Crippen LogP contribution in [0.4, 0.5) is 0 Å². The summed E-state index contributed by atoms with van der Waals surface area (Å²) in [7, 11) is 4.13. The van der Waals surface area contributed by atoms with Gasteiger partial charge in [0.2, 0.25) is 5.78 Å². The van der Waals surface area contributed by atoms with E-state index in [1.54, 1.807) is 0 Å². The number of hydrogen-bond acceptors (Lipinski definition) is 2. The molecule has 1 aromatic carbocycles. The lowest BCUT2D eigenvalue weighted by molar-refractivity contribution is -0.911. The average molecular weight is 247 g/mol. The van der Waals surface area contributed by atoms with Crippen LogP contribution in [0, 0.1) is 0 Å². The SMILES string of the molecule is C=CC(=O)C(c1ccccc1)[N+](C)(C)CCCN. The lowest BCUT2D eigenvalue weighted by Crippen LogP contribution is -2.47. The van der Waals surface area contributed by atoms with Gasteiger partial charge in [-0.05, 0) is 12.6 Å². The van der Waals surface area contributed by atoms with Crippen LogP contribution >= 0.6 is 0 Å². The Morgan fingerprint density at radius 3 is 2.50 bits per heavy atom. The zero-order valence-electron chi connectivity index (χ0n) is 11.3. The van der Waals surface area contributed by atoms with Gasteiger partial charge in [0.15, 0.2) is 6.04 Å². The fourth-order valence-corrected chi connectivity index (χ4v) is 2.29. The number of hydrogen-bond donors (Lipinski definition) is 1. The first-order chi connectivity index (χ1) is 8.53. The van der Waals surface area contributed by atoms with E-state index in [1.165, 1.54) is 6.08 Å². The number of benzene rings is 1. The van der Waals surface area contributed by atoms with E-state index >= 15 is 0 Å². The van der Waals surface area contributed by atoms with Gasteiger partial charge < -0.3 is 10.2 Å². The summed E-state index contributed by atoms with van der Waals surface area (Å²) in [6, 6.07) is 9.67. The van der Waals surface area contributed by atoms with E-state index in [0.717, 1.165) is 18.5 Å². The predicted octanol–water partition coefficient (Wildman–Crippen LogP) is 1.91. The summed E-state index contributed by atoms with van der Waals surface area (Å²) in [6.45, 7) is 5.13. The molecule has 1 aromatic rings. The second-order valence-electron chi connectivity index (χ2n) is 5.06. The fraction of sp³-hybridized carbons (Fsp3) is 0.400. The molecular weight excluding hydrogens is 224 g/mol. The van der Waals surface area contributed by atoms with Crippen molar-refractivity contribution >= 4 is 5.78 Å². The number of ketones is 1. The van der Waals surface area contributed by atoms with Crippen molar-refractivity contribution in [3.05, 3.63) is 48.6 Å². The molecule has 1 unspecified atom stereocenters. The Kier molecular flexibility index (Phi) is 5.25. The Bertz CT molecular complexity index is 398. The second-order valence-corrected chi connectivity index (χ2v) is 5.06. The van der Waals surface area contributed by atoms with Gasteiger partial charge in [0, 0.05) is 12.0 Å². The minimum atomic E-state index is -0.199. The van der Waals surface area contributed by atoms with Gasteiger partial charge in [0.1, 0.15) is 0 Å². The third-order valence-corrected chi connectivity index (χ3v) is 3.22. The monoisotopic (exact) mass is 247 g/mol. The Morgan fingerprint density at radius 2 is 2.00 bits per heavy atom. The molecule has 1 rings (SSSR count). The van der Waals surface area contributed by atoms with E-state index in [9.17, 15) is 4.79 Å². The summed E-state index contributed by atoms with van der Waals surface area (Å²) < 4.78 is 0.603. The highest BCUT2D eigenvalue weighted by Gasteiger charge is 2.34. The summed E-state index contributed by atoms with van der Waals surface area (Å²) >= 11 is 0. The first-order valence-electron chi connectivity index (χ1n) is 6.27. The average Bonchev–Trinajstić information content (AvgIpc) is 2.37. The standard InChI is InChI=1S/C15H23N2O/c1-4-14(18)15(13-9-6-5-7-10-13)17(2,3)12-8-11-16/h4-7,9-10,15H,1,8,11-12,16H2,2-3H3/q+1. The van der Waals surface area contributed by atoms with Crippen LogP contribution in [0.25, 0.3) is 0 Å². The summed E-state index contributed by atoms with van der Waals surface area (Å²) in [4.78, 5) is 12.2. The van der Waals surface area contributed by atoms with E-state index in [4.69, 9.17) is 5.73 Å².